The van der Waals surface area contributed by atoms with Crippen LogP contribution in [0.5, 0.6) is 6.01 Å². The summed E-state index contributed by atoms with van der Waals surface area (Å²) in [6.07, 6.45) is -3.55. The summed E-state index contributed by atoms with van der Waals surface area (Å²) < 4.78 is 47.1. The SMILES string of the molecule is COc1nc(-c2cccc(C(C)(C)C)c2)nc(-c2cc(CNC(=O)C3(C(F)(F)F)CCCCC3)ccc2Cl)n1. The molecule has 4 rings (SSSR count). The average Bonchev–Trinajstić information content (AvgIpc) is 2.91. The molecule has 1 N–H and O–H groups in total. The number of amides is 1. The first-order chi connectivity index (χ1) is 18.3. The number of halogens is 4. The largest absolute Gasteiger partial charge is 0.467 e. The van der Waals surface area contributed by atoms with Gasteiger partial charge >= 0.3 is 12.2 Å². The van der Waals surface area contributed by atoms with Gasteiger partial charge in [-0.15, -0.1) is 0 Å². The van der Waals surface area contributed by atoms with Crippen LogP contribution >= 0.6 is 11.6 Å². The van der Waals surface area contributed by atoms with Crippen LogP contribution in [0.25, 0.3) is 22.8 Å². The monoisotopic (exact) mass is 560 g/mol. The molecule has 0 atom stereocenters. The fourth-order valence-corrected chi connectivity index (χ4v) is 5.02. The highest BCUT2D eigenvalue weighted by Crippen LogP contribution is 2.49. The number of ether oxygens (including phenoxy) is 1. The lowest BCUT2D eigenvalue weighted by Crippen LogP contribution is -2.51. The predicted octanol–water partition coefficient (Wildman–Crippen LogP) is 7.29. The van der Waals surface area contributed by atoms with Crippen LogP contribution in [-0.4, -0.2) is 34.1 Å². The highest BCUT2D eigenvalue weighted by molar-refractivity contribution is 6.33. The molecule has 0 spiro atoms. The zero-order valence-electron chi connectivity index (χ0n) is 22.5. The van der Waals surface area contributed by atoms with Crippen LogP contribution in [0.3, 0.4) is 0 Å². The highest BCUT2D eigenvalue weighted by Gasteiger charge is 2.59. The van der Waals surface area contributed by atoms with E-state index in [9.17, 15) is 18.0 Å². The van der Waals surface area contributed by atoms with Gasteiger partial charge in [0.05, 0.1) is 12.1 Å². The second-order valence-electron chi connectivity index (χ2n) is 10.9. The first-order valence-corrected chi connectivity index (χ1v) is 13.3. The van der Waals surface area contributed by atoms with Crippen LogP contribution in [0.2, 0.25) is 5.02 Å². The van der Waals surface area contributed by atoms with E-state index < -0.39 is 17.5 Å². The molecule has 0 bridgehead atoms. The topological polar surface area (TPSA) is 77.0 Å². The number of rotatable bonds is 6. The van der Waals surface area contributed by atoms with Gasteiger partial charge in [0.2, 0.25) is 5.91 Å². The third kappa shape index (κ3) is 6.19. The van der Waals surface area contributed by atoms with Gasteiger partial charge < -0.3 is 10.1 Å². The number of nitrogens with one attached hydrogen (secondary N) is 1. The Bertz CT molecular complexity index is 1350. The first kappa shape index (κ1) is 28.8. The Kier molecular flexibility index (Phi) is 8.21. The maximum atomic E-state index is 13.9. The van der Waals surface area contributed by atoms with Gasteiger partial charge in [-0.1, -0.05) is 75.9 Å². The molecule has 0 aliphatic heterocycles. The van der Waals surface area contributed by atoms with Crippen LogP contribution in [0.1, 0.15) is 64.0 Å². The molecule has 208 valence electrons. The second-order valence-corrected chi connectivity index (χ2v) is 11.3. The van der Waals surface area contributed by atoms with Crippen LogP contribution in [0.15, 0.2) is 42.5 Å². The van der Waals surface area contributed by atoms with E-state index in [1.165, 1.54) is 7.11 Å². The summed E-state index contributed by atoms with van der Waals surface area (Å²) in [5, 5.41) is 2.85. The first-order valence-electron chi connectivity index (χ1n) is 12.9. The Morgan fingerprint density at radius 2 is 1.69 bits per heavy atom. The number of benzene rings is 2. The van der Waals surface area contributed by atoms with Gasteiger partial charge in [-0.05, 0) is 47.6 Å². The Morgan fingerprint density at radius 3 is 2.33 bits per heavy atom. The van der Waals surface area contributed by atoms with Crippen LogP contribution in [-0.2, 0) is 16.8 Å². The van der Waals surface area contributed by atoms with Crippen molar-refractivity contribution in [3.8, 4) is 28.8 Å². The Hall–Kier alpha value is -3.20. The van der Waals surface area contributed by atoms with Gasteiger partial charge in [-0.2, -0.15) is 23.1 Å². The summed E-state index contributed by atoms with van der Waals surface area (Å²) in [6, 6.07) is 12.9. The molecule has 1 aliphatic rings. The minimum Gasteiger partial charge on any atom is -0.467 e. The molecule has 0 radical (unpaired) electrons. The van der Waals surface area contributed by atoms with E-state index in [0.717, 1.165) is 11.1 Å². The average molecular weight is 561 g/mol. The summed E-state index contributed by atoms with van der Waals surface area (Å²) >= 11 is 6.50. The summed E-state index contributed by atoms with van der Waals surface area (Å²) in [6.45, 7) is 6.24. The number of hydrogen-bond donors (Lipinski definition) is 1. The van der Waals surface area contributed by atoms with Crippen molar-refractivity contribution < 1.29 is 22.7 Å². The van der Waals surface area contributed by atoms with Crippen LogP contribution in [0, 0.1) is 5.41 Å². The van der Waals surface area contributed by atoms with E-state index in [-0.39, 0.29) is 36.6 Å². The summed E-state index contributed by atoms with van der Waals surface area (Å²) in [4.78, 5) is 26.3. The molecule has 1 heterocycles. The Morgan fingerprint density at radius 1 is 1.00 bits per heavy atom. The summed E-state index contributed by atoms with van der Waals surface area (Å²) in [7, 11) is 1.45. The molecule has 1 saturated carbocycles. The number of alkyl halides is 3. The number of methoxy groups -OCH3 is 1. The molecule has 6 nitrogen and oxygen atoms in total. The van der Waals surface area contributed by atoms with E-state index in [4.69, 9.17) is 16.3 Å². The lowest BCUT2D eigenvalue weighted by atomic mass is 9.72. The van der Waals surface area contributed by atoms with Crippen molar-refractivity contribution >= 4 is 17.5 Å². The van der Waals surface area contributed by atoms with Crippen molar-refractivity contribution in [3.63, 3.8) is 0 Å². The van der Waals surface area contributed by atoms with E-state index in [0.29, 0.717) is 41.2 Å². The van der Waals surface area contributed by atoms with Crippen molar-refractivity contribution in [2.45, 2.75) is 71.0 Å². The maximum Gasteiger partial charge on any atom is 0.403 e. The van der Waals surface area contributed by atoms with Crippen LogP contribution < -0.4 is 10.1 Å². The van der Waals surface area contributed by atoms with E-state index in [1.54, 1.807) is 18.2 Å². The van der Waals surface area contributed by atoms with Gasteiger partial charge in [0.15, 0.2) is 11.6 Å². The van der Waals surface area contributed by atoms with Gasteiger partial charge in [0.25, 0.3) is 0 Å². The van der Waals surface area contributed by atoms with Gasteiger partial charge in [-0.3, -0.25) is 4.79 Å². The Labute approximate surface area is 231 Å². The molecular weight excluding hydrogens is 529 g/mol. The zero-order chi connectivity index (χ0) is 28.4. The van der Waals surface area contributed by atoms with Crippen LogP contribution in [0.4, 0.5) is 13.2 Å². The molecule has 1 aliphatic carbocycles. The standard InChI is InChI=1S/C29H32ClF3N4O2/c1-27(2,3)20-10-8-9-19(16-20)23-35-24(37-26(36-23)39-4)21-15-18(11-12-22(21)30)17-34-25(38)28(29(31,32)33)13-6-5-7-14-28/h8-12,15-16H,5-7,13-14,17H2,1-4H3,(H,34,38). The molecule has 10 heteroatoms. The fourth-order valence-electron chi connectivity index (χ4n) is 4.82. The van der Waals surface area contributed by atoms with E-state index >= 15 is 0 Å². The molecule has 2 aromatic carbocycles. The minimum absolute atomic E-state index is 0.0830. The van der Waals surface area contributed by atoms with Gasteiger partial charge in [0.1, 0.15) is 5.41 Å². The van der Waals surface area contributed by atoms with Crippen molar-refractivity contribution in [1.29, 1.82) is 0 Å². The van der Waals surface area contributed by atoms with Crippen molar-refractivity contribution in [1.82, 2.24) is 20.3 Å². The number of aromatic nitrogens is 3. The van der Waals surface area contributed by atoms with E-state index in [2.05, 4.69) is 41.0 Å². The fraction of sp³-hybridized carbons (Fsp3) is 0.448. The lowest BCUT2D eigenvalue weighted by Gasteiger charge is -2.37. The van der Waals surface area contributed by atoms with Gasteiger partial charge in [0, 0.05) is 17.7 Å². The molecule has 39 heavy (non-hydrogen) atoms. The van der Waals surface area contributed by atoms with Gasteiger partial charge in [-0.25, -0.2) is 4.98 Å². The third-order valence-corrected chi connectivity index (χ3v) is 7.52. The normalized spacial score (nSPS) is 15.6. The minimum atomic E-state index is -4.61. The van der Waals surface area contributed by atoms with Crippen molar-refractivity contribution in [3.05, 3.63) is 58.6 Å². The molecule has 1 aromatic heterocycles. The molecule has 1 amide bonds. The number of carbonyl (C=O) groups excluding carboxylic acids is 1. The second kappa shape index (κ2) is 11.1. The molecule has 3 aromatic rings. The molecule has 0 unspecified atom stereocenters. The summed E-state index contributed by atoms with van der Waals surface area (Å²) in [5.41, 5.74) is 0.450. The maximum absolute atomic E-state index is 13.9. The number of carbonyl (C=O) groups is 1. The molecule has 0 saturated heterocycles. The Balaban J connectivity index is 1.64. The quantitative estimate of drug-likeness (QED) is 0.342. The third-order valence-electron chi connectivity index (χ3n) is 7.19. The molecule has 1 fully saturated rings. The number of nitrogens with zero attached hydrogens (tertiary/aromatic N) is 3. The zero-order valence-corrected chi connectivity index (χ0v) is 23.2. The summed E-state index contributed by atoms with van der Waals surface area (Å²) in [5.74, 6) is -0.355. The smallest absolute Gasteiger partial charge is 0.403 e. The highest BCUT2D eigenvalue weighted by atomic mass is 35.5. The van der Waals surface area contributed by atoms with Crippen molar-refractivity contribution in [2.24, 2.45) is 5.41 Å². The van der Waals surface area contributed by atoms with E-state index in [1.807, 2.05) is 24.3 Å². The predicted molar refractivity (Wildman–Crippen MR) is 144 cm³/mol. The number of hydrogen-bond acceptors (Lipinski definition) is 5. The lowest BCUT2D eigenvalue weighted by molar-refractivity contribution is -0.230. The molecular formula is C29H32ClF3N4O2. The van der Waals surface area contributed by atoms with Crippen molar-refractivity contribution in [2.75, 3.05) is 7.11 Å².